The Kier molecular flexibility index (Phi) is 2.31. The first-order valence-electron chi connectivity index (χ1n) is 2.38. The smallest absolute Gasteiger partial charge is 0.171 e. The summed E-state index contributed by atoms with van der Waals surface area (Å²) in [7, 11) is 0. The third-order valence-electron chi connectivity index (χ3n) is 0.956. The first-order chi connectivity index (χ1) is 3.48. The van der Waals surface area contributed by atoms with Gasteiger partial charge in [0, 0.05) is 0 Å². The molecule has 1 atom stereocenters. The fourth-order valence-corrected chi connectivity index (χ4v) is 0.231. The first-order valence-corrected chi connectivity index (χ1v) is 2.38. The Hall–Kier alpha value is -0.210. The number of alkyl halides is 3. The van der Waals surface area contributed by atoms with Gasteiger partial charge in [-0.2, -0.15) is 13.2 Å². The maximum Gasteiger partial charge on any atom is 0.391 e. The van der Waals surface area contributed by atoms with Gasteiger partial charge in [-0.05, 0) is 13.3 Å². The van der Waals surface area contributed by atoms with E-state index in [1.54, 1.807) is 0 Å². The van der Waals surface area contributed by atoms with E-state index in [4.69, 9.17) is 0 Å². The van der Waals surface area contributed by atoms with Gasteiger partial charge in [0.2, 0.25) is 0 Å². The summed E-state index contributed by atoms with van der Waals surface area (Å²) in [5, 5.41) is 0. The van der Waals surface area contributed by atoms with E-state index in [0.717, 1.165) is 0 Å². The summed E-state index contributed by atoms with van der Waals surface area (Å²) >= 11 is 0. The van der Waals surface area contributed by atoms with Crippen molar-refractivity contribution in [1.29, 1.82) is 0 Å². The summed E-state index contributed by atoms with van der Waals surface area (Å²) in [4.78, 5) is 0. The maximum absolute atomic E-state index is 11.4. The summed E-state index contributed by atoms with van der Waals surface area (Å²) in [5.41, 5.74) is 0. The number of rotatable bonds is 1. The van der Waals surface area contributed by atoms with Crippen molar-refractivity contribution < 1.29 is 13.2 Å². The highest BCUT2D eigenvalue weighted by Crippen LogP contribution is 2.27. The van der Waals surface area contributed by atoms with Gasteiger partial charge >= 0.3 is 6.18 Å². The molecule has 0 spiro atoms. The first kappa shape index (κ1) is 7.79. The summed E-state index contributed by atoms with van der Waals surface area (Å²) in [6.07, 6.45) is -4.04. The molecule has 8 heavy (non-hydrogen) atoms. The van der Waals surface area contributed by atoms with E-state index in [-0.39, 0.29) is 6.42 Å². The van der Waals surface area contributed by atoms with E-state index in [2.05, 4.69) is 6.92 Å². The molecular formula is C5H8F3. The van der Waals surface area contributed by atoms with Crippen molar-refractivity contribution in [2.24, 2.45) is 5.92 Å². The largest absolute Gasteiger partial charge is 0.391 e. The van der Waals surface area contributed by atoms with E-state index in [9.17, 15) is 13.2 Å². The van der Waals surface area contributed by atoms with Crippen LogP contribution in [-0.4, -0.2) is 6.18 Å². The minimum absolute atomic E-state index is 0.0590. The van der Waals surface area contributed by atoms with E-state index in [1.165, 1.54) is 6.92 Å². The Morgan fingerprint density at radius 1 is 1.50 bits per heavy atom. The topological polar surface area (TPSA) is 0 Å². The summed E-state index contributed by atoms with van der Waals surface area (Å²) < 4.78 is 34.2. The van der Waals surface area contributed by atoms with Crippen LogP contribution in [-0.2, 0) is 0 Å². The average Bonchev–Trinajstić information content (AvgIpc) is 1.62. The van der Waals surface area contributed by atoms with Gasteiger partial charge in [0.1, 0.15) is 0 Å². The molecule has 0 aromatic carbocycles. The third kappa shape index (κ3) is 2.19. The van der Waals surface area contributed by atoms with Gasteiger partial charge in [0.05, 0.1) is 5.92 Å². The molecule has 0 aliphatic heterocycles. The van der Waals surface area contributed by atoms with Crippen LogP contribution in [0.2, 0.25) is 0 Å². The zero-order chi connectivity index (χ0) is 6.78. The molecule has 0 amide bonds. The number of halogens is 3. The average molecular weight is 125 g/mol. The van der Waals surface area contributed by atoms with Crippen LogP contribution in [0.1, 0.15) is 13.3 Å². The van der Waals surface area contributed by atoms with E-state index in [0.29, 0.717) is 0 Å². The van der Waals surface area contributed by atoms with Gasteiger partial charge in [0.25, 0.3) is 0 Å². The van der Waals surface area contributed by atoms with Crippen LogP contribution >= 0.6 is 0 Å². The van der Waals surface area contributed by atoms with Crippen molar-refractivity contribution in [2.75, 3.05) is 0 Å². The molecular weight excluding hydrogens is 117 g/mol. The molecule has 0 rings (SSSR count). The molecule has 3 heteroatoms. The van der Waals surface area contributed by atoms with Gasteiger partial charge in [-0.1, -0.05) is 6.92 Å². The molecule has 0 aliphatic carbocycles. The van der Waals surface area contributed by atoms with Gasteiger partial charge in [0.15, 0.2) is 0 Å². The van der Waals surface area contributed by atoms with E-state index >= 15 is 0 Å². The van der Waals surface area contributed by atoms with Crippen LogP contribution in [0.5, 0.6) is 0 Å². The molecule has 0 heterocycles. The predicted molar refractivity (Wildman–Crippen MR) is 25.2 cm³/mol. The third-order valence-corrected chi connectivity index (χ3v) is 0.956. The highest BCUT2D eigenvalue weighted by molar-refractivity contribution is 4.66. The van der Waals surface area contributed by atoms with Crippen molar-refractivity contribution in [3.63, 3.8) is 0 Å². The molecule has 1 radical (unpaired) electrons. The second-order valence-corrected chi connectivity index (χ2v) is 1.65. The van der Waals surface area contributed by atoms with Crippen molar-refractivity contribution >= 4 is 0 Å². The predicted octanol–water partition coefficient (Wildman–Crippen LogP) is 2.41. The molecule has 0 nitrogen and oxygen atoms in total. The minimum atomic E-state index is -4.10. The zero-order valence-corrected chi connectivity index (χ0v) is 4.63. The highest BCUT2D eigenvalue weighted by Gasteiger charge is 2.34. The van der Waals surface area contributed by atoms with Crippen LogP contribution in [0.4, 0.5) is 13.2 Å². The van der Waals surface area contributed by atoms with Crippen LogP contribution in [0.3, 0.4) is 0 Å². The molecule has 0 bridgehead atoms. The lowest BCUT2D eigenvalue weighted by Gasteiger charge is -2.11. The second-order valence-electron chi connectivity index (χ2n) is 1.65. The van der Waals surface area contributed by atoms with E-state index in [1.807, 2.05) is 0 Å². The van der Waals surface area contributed by atoms with Crippen molar-refractivity contribution in [2.45, 2.75) is 19.5 Å². The lowest BCUT2D eigenvalue weighted by atomic mass is 10.1. The Morgan fingerprint density at radius 2 is 1.88 bits per heavy atom. The molecule has 0 fully saturated rings. The monoisotopic (exact) mass is 125 g/mol. The van der Waals surface area contributed by atoms with Crippen LogP contribution < -0.4 is 0 Å². The van der Waals surface area contributed by atoms with Crippen molar-refractivity contribution in [3.8, 4) is 0 Å². The molecule has 49 valence electrons. The second kappa shape index (κ2) is 2.37. The van der Waals surface area contributed by atoms with Gasteiger partial charge in [-0.3, -0.25) is 0 Å². The number of hydrogen-bond donors (Lipinski definition) is 0. The molecule has 0 saturated heterocycles. The van der Waals surface area contributed by atoms with Gasteiger partial charge in [-0.15, -0.1) is 0 Å². The van der Waals surface area contributed by atoms with Crippen LogP contribution in [0.15, 0.2) is 0 Å². The highest BCUT2D eigenvalue weighted by atomic mass is 19.4. The van der Waals surface area contributed by atoms with E-state index < -0.39 is 12.1 Å². The minimum Gasteiger partial charge on any atom is -0.171 e. The summed E-state index contributed by atoms with van der Waals surface area (Å²) in [5.74, 6) is -1.40. The molecule has 0 N–H and O–H groups in total. The lowest BCUT2D eigenvalue weighted by molar-refractivity contribution is -0.162. The Morgan fingerprint density at radius 3 is 1.88 bits per heavy atom. The molecule has 0 aromatic heterocycles. The maximum atomic E-state index is 11.4. The quantitative estimate of drug-likeness (QED) is 0.504. The molecule has 0 aliphatic rings. The lowest BCUT2D eigenvalue weighted by Crippen LogP contribution is -2.18. The fourth-order valence-electron chi connectivity index (χ4n) is 0.231. The Labute approximate surface area is 46.7 Å². The van der Waals surface area contributed by atoms with Gasteiger partial charge < -0.3 is 0 Å². The zero-order valence-electron chi connectivity index (χ0n) is 4.63. The van der Waals surface area contributed by atoms with Crippen molar-refractivity contribution in [3.05, 3.63) is 6.92 Å². The standard InChI is InChI=1S/C5H8F3/c1-3-4(2)5(6,7)8/h4H,2-3H2,1H3. The number of hydrogen-bond acceptors (Lipinski definition) is 0. The van der Waals surface area contributed by atoms with Crippen LogP contribution in [0.25, 0.3) is 0 Å². The molecule has 1 unspecified atom stereocenters. The SMILES string of the molecule is [CH2]C(CC)C(F)(F)F. The fraction of sp³-hybridized carbons (Fsp3) is 0.800. The van der Waals surface area contributed by atoms with Crippen molar-refractivity contribution in [1.82, 2.24) is 0 Å². The molecule has 0 aromatic rings. The normalized spacial score (nSPS) is 16.1. The van der Waals surface area contributed by atoms with Gasteiger partial charge in [-0.25, -0.2) is 0 Å². The molecule has 0 saturated carbocycles. The Balaban J connectivity index is 3.62. The Bertz CT molecular complexity index is 64.6. The summed E-state index contributed by atoms with van der Waals surface area (Å²) in [6, 6.07) is 0. The summed E-state index contributed by atoms with van der Waals surface area (Å²) in [6.45, 7) is 4.37. The van der Waals surface area contributed by atoms with Crippen LogP contribution in [0, 0.1) is 12.8 Å².